The van der Waals surface area contributed by atoms with E-state index >= 15 is 0 Å². The third-order valence-corrected chi connectivity index (χ3v) is 3.42. The molecule has 0 atom stereocenters. The molecule has 0 saturated carbocycles. The van der Waals surface area contributed by atoms with E-state index in [2.05, 4.69) is 50.0 Å². The molecule has 1 nitrogen and oxygen atoms in total. The summed E-state index contributed by atoms with van der Waals surface area (Å²) in [5, 5.41) is 4.08. The molecule has 0 aliphatic rings. The van der Waals surface area contributed by atoms with E-state index in [1.54, 1.807) is 11.8 Å². The summed E-state index contributed by atoms with van der Waals surface area (Å²) in [6.45, 7) is 8.89. The average molecular weight is 256 g/mol. The second-order valence-electron chi connectivity index (χ2n) is 3.99. The average Bonchev–Trinajstić information content (AvgIpc) is 2.25. The molecule has 1 aromatic carbocycles. The van der Waals surface area contributed by atoms with Crippen LogP contribution in [0.2, 0.25) is 0 Å². The Morgan fingerprint density at radius 2 is 2.00 bits per heavy atom. The van der Waals surface area contributed by atoms with Crippen molar-refractivity contribution in [2.24, 2.45) is 0 Å². The first-order chi connectivity index (χ1) is 7.58. The van der Waals surface area contributed by atoms with Crippen LogP contribution in [0.4, 0.5) is 0 Å². The summed E-state index contributed by atoms with van der Waals surface area (Å²) in [7, 11) is 0. The van der Waals surface area contributed by atoms with Gasteiger partial charge in [0.25, 0.3) is 0 Å². The van der Waals surface area contributed by atoms with Crippen molar-refractivity contribution in [1.29, 1.82) is 0 Å². The Kier molecular flexibility index (Phi) is 5.96. The molecule has 0 aliphatic heterocycles. The van der Waals surface area contributed by atoms with Crippen LogP contribution in [0, 0.1) is 0 Å². The van der Waals surface area contributed by atoms with Gasteiger partial charge in [0.1, 0.15) is 0 Å². The largest absolute Gasteiger partial charge is 0.310 e. The fourth-order valence-electron chi connectivity index (χ4n) is 1.19. The summed E-state index contributed by atoms with van der Waals surface area (Å²) in [4.78, 5) is 1.23. The summed E-state index contributed by atoms with van der Waals surface area (Å²) in [5.74, 6) is 0.769. The lowest BCUT2D eigenvalue weighted by Crippen LogP contribution is -2.21. The van der Waals surface area contributed by atoms with Gasteiger partial charge in [-0.05, 0) is 17.7 Å². The number of benzene rings is 1. The first-order valence-electron chi connectivity index (χ1n) is 5.36. The number of halogens is 1. The predicted octanol–water partition coefficient (Wildman–Crippen LogP) is 4.03. The molecule has 1 aromatic rings. The van der Waals surface area contributed by atoms with Crippen molar-refractivity contribution in [2.75, 3.05) is 5.75 Å². The highest BCUT2D eigenvalue weighted by Crippen LogP contribution is 2.21. The monoisotopic (exact) mass is 255 g/mol. The molecule has 1 N–H and O–H groups in total. The fourth-order valence-corrected chi connectivity index (χ4v) is 2.00. The lowest BCUT2D eigenvalue weighted by molar-refractivity contribution is 0.588. The van der Waals surface area contributed by atoms with Crippen molar-refractivity contribution in [2.45, 2.75) is 31.3 Å². The first kappa shape index (κ1) is 13.6. The van der Waals surface area contributed by atoms with Crippen molar-refractivity contribution in [3.63, 3.8) is 0 Å². The van der Waals surface area contributed by atoms with Crippen LogP contribution in [0.1, 0.15) is 19.4 Å². The summed E-state index contributed by atoms with van der Waals surface area (Å²) < 4.78 is 0. The molecule has 88 valence electrons. The Bertz CT molecular complexity index is 332. The molecule has 1 rings (SSSR count). The van der Waals surface area contributed by atoms with E-state index in [9.17, 15) is 0 Å². The van der Waals surface area contributed by atoms with Crippen LogP contribution in [-0.4, -0.2) is 11.8 Å². The molecule has 0 unspecified atom stereocenters. The summed E-state index contributed by atoms with van der Waals surface area (Å²) in [6, 6.07) is 9.07. The minimum Gasteiger partial charge on any atom is -0.310 e. The molecule has 3 heteroatoms. The highest BCUT2D eigenvalue weighted by molar-refractivity contribution is 7.99. The van der Waals surface area contributed by atoms with Gasteiger partial charge in [-0.2, -0.15) is 0 Å². The number of hydrogen-bond donors (Lipinski definition) is 1. The zero-order chi connectivity index (χ0) is 12.0. The third kappa shape index (κ3) is 5.59. The second-order valence-corrected chi connectivity index (χ2v) is 5.57. The van der Waals surface area contributed by atoms with Gasteiger partial charge in [0.15, 0.2) is 0 Å². The van der Waals surface area contributed by atoms with Crippen LogP contribution in [0.5, 0.6) is 0 Å². The van der Waals surface area contributed by atoms with E-state index in [0.29, 0.717) is 11.1 Å². The van der Waals surface area contributed by atoms with Gasteiger partial charge in [-0.25, -0.2) is 0 Å². The van der Waals surface area contributed by atoms with Crippen LogP contribution < -0.4 is 5.32 Å². The van der Waals surface area contributed by atoms with Crippen LogP contribution in [-0.2, 0) is 6.54 Å². The molecule has 0 spiro atoms. The zero-order valence-corrected chi connectivity index (χ0v) is 11.4. The number of nitrogens with one attached hydrogen (secondary N) is 1. The highest BCUT2D eigenvalue weighted by atomic mass is 35.5. The SMILES string of the molecule is C=C(Cl)CSc1ccc(CNC(C)C)cc1. The molecule has 0 saturated heterocycles. The summed E-state index contributed by atoms with van der Waals surface area (Å²) in [6.07, 6.45) is 0. The Hall–Kier alpha value is -0.440. The van der Waals surface area contributed by atoms with E-state index in [-0.39, 0.29) is 0 Å². The van der Waals surface area contributed by atoms with Gasteiger partial charge < -0.3 is 5.32 Å². The second kappa shape index (κ2) is 7.00. The predicted molar refractivity (Wildman–Crippen MR) is 74.1 cm³/mol. The molecule has 0 aromatic heterocycles. The van der Waals surface area contributed by atoms with Gasteiger partial charge >= 0.3 is 0 Å². The van der Waals surface area contributed by atoms with Crippen molar-refractivity contribution < 1.29 is 0 Å². The minimum atomic E-state index is 0.522. The fraction of sp³-hybridized carbons (Fsp3) is 0.385. The van der Waals surface area contributed by atoms with Gasteiger partial charge in [-0.15, -0.1) is 11.8 Å². The lowest BCUT2D eigenvalue weighted by atomic mass is 10.2. The minimum absolute atomic E-state index is 0.522. The van der Waals surface area contributed by atoms with Gasteiger partial charge in [-0.3, -0.25) is 0 Å². The van der Waals surface area contributed by atoms with Crippen LogP contribution in [0.25, 0.3) is 0 Å². The maximum Gasteiger partial charge on any atom is 0.0334 e. The zero-order valence-electron chi connectivity index (χ0n) is 9.79. The number of thioether (sulfide) groups is 1. The van der Waals surface area contributed by atoms with E-state index in [0.717, 1.165) is 12.3 Å². The molecule has 0 aliphatic carbocycles. The van der Waals surface area contributed by atoms with Crippen molar-refractivity contribution in [1.82, 2.24) is 5.32 Å². The molecular formula is C13H18ClNS. The molecule has 0 heterocycles. The van der Waals surface area contributed by atoms with Gasteiger partial charge in [0.2, 0.25) is 0 Å². The normalized spacial score (nSPS) is 10.8. The molecular weight excluding hydrogens is 238 g/mol. The van der Waals surface area contributed by atoms with Crippen LogP contribution in [0.3, 0.4) is 0 Å². The van der Waals surface area contributed by atoms with Crippen LogP contribution >= 0.6 is 23.4 Å². The van der Waals surface area contributed by atoms with E-state index in [1.807, 2.05) is 0 Å². The van der Waals surface area contributed by atoms with Gasteiger partial charge in [0, 0.05) is 28.3 Å². The Labute approximate surface area is 107 Å². The van der Waals surface area contributed by atoms with Crippen LogP contribution in [0.15, 0.2) is 40.8 Å². The topological polar surface area (TPSA) is 12.0 Å². The maximum atomic E-state index is 5.72. The number of rotatable bonds is 6. The van der Waals surface area contributed by atoms with Crippen molar-refractivity contribution >= 4 is 23.4 Å². The Morgan fingerprint density at radius 3 is 2.50 bits per heavy atom. The van der Waals surface area contributed by atoms with Crippen molar-refractivity contribution in [3.8, 4) is 0 Å². The highest BCUT2D eigenvalue weighted by Gasteiger charge is 1.97. The maximum absolute atomic E-state index is 5.72. The first-order valence-corrected chi connectivity index (χ1v) is 6.72. The molecule has 0 amide bonds. The Balaban J connectivity index is 2.44. The summed E-state index contributed by atoms with van der Waals surface area (Å²) >= 11 is 7.43. The summed E-state index contributed by atoms with van der Waals surface area (Å²) in [5.41, 5.74) is 1.31. The molecule has 0 bridgehead atoms. The molecule has 16 heavy (non-hydrogen) atoms. The van der Waals surface area contributed by atoms with E-state index in [1.165, 1.54) is 10.5 Å². The number of hydrogen-bond acceptors (Lipinski definition) is 2. The van der Waals surface area contributed by atoms with Gasteiger partial charge in [0.05, 0.1) is 0 Å². The smallest absolute Gasteiger partial charge is 0.0334 e. The van der Waals surface area contributed by atoms with E-state index < -0.39 is 0 Å². The van der Waals surface area contributed by atoms with Crippen molar-refractivity contribution in [3.05, 3.63) is 41.4 Å². The third-order valence-electron chi connectivity index (χ3n) is 2.03. The van der Waals surface area contributed by atoms with E-state index in [4.69, 9.17) is 11.6 Å². The Morgan fingerprint density at radius 1 is 1.38 bits per heavy atom. The molecule has 0 radical (unpaired) electrons. The lowest BCUT2D eigenvalue weighted by Gasteiger charge is -2.08. The van der Waals surface area contributed by atoms with Gasteiger partial charge in [-0.1, -0.05) is 44.2 Å². The standard InChI is InChI=1S/C13H18ClNS/c1-10(2)15-8-12-4-6-13(7-5-12)16-9-11(3)14/h4-7,10,15H,3,8-9H2,1-2H3. The molecule has 0 fully saturated rings. The quantitative estimate of drug-likeness (QED) is 0.771.